The Bertz CT molecular complexity index is 539. The molecule has 0 atom stereocenters. The minimum Gasteiger partial charge on any atom is -0.351 e. The lowest BCUT2D eigenvalue weighted by atomic mass is 10.0. The summed E-state index contributed by atoms with van der Waals surface area (Å²) in [5, 5.41) is 13.7. The summed E-state index contributed by atoms with van der Waals surface area (Å²) >= 11 is 0. The topological polar surface area (TPSA) is 90.7 Å². The second-order valence-electron chi connectivity index (χ2n) is 4.76. The first-order valence-electron chi connectivity index (χ1n) is 7.17. The molecule has 7 heteroatoms. The summed E-state index contributed by atoms with van der Waals surface area (Å²) in [6, 6.07) is 2.94. The molecule has 1 N–H and O–H groups in total. The SMILES string of the molecule is CCOC(CNC(=O)c1cc(C)c(C)cc1[N+](=O)[O-])OCC. The monoisotopic (exact) mass is 310 g/mol. The van der Waals surface area contributed by atoms with Gasteiger partial charge in [-0.25, -0.2) is 0 Å². The highest BCUT2D eigenvalue weighted by Crippen LogP contribution is 2.23. The summed E-state index contributed by atoms with van der Waals surface area (Å²) in [5.74, 6) is -0.515. The van der Waals surface area contributed by atoms with Crippen LogP contribution in [0.2, 0.25) is 0 Å². The second kappa shape index (κ2) is 8.45. The Morgan fingerprint density at radius 1 is 1.23 bits per heavy atom. The van der Waals surface area contributed by atoms with E-state index in [2.05, 4.69) is 5.32 Å². The zero-order valence-electron chi connectivity index (χ0n) is 13.3. The van der Waals surface area contributed by atoms with E-state index in [0.29, 0.717) is 13.2 Å². The van der Waals surface area contributed by atoms with Gasteiger partial charge < -0.3 is 14.8 Å². The minimum absolute atomic E-state index is 0.0415. The third kappa shape index (κ3) is 4.78. The minimum atomic E-state index is -0.565. The molecule has 0 unspecified atom stereocenters. The molecule has 7 nitrogen and oxygen atoms in total. The predicted octanol–water partition coefficient (Wildman–Crippen LogP) is 2.34. The normalized spacial score (nSPS) is 10.8. The quantitative estimate of drug-likeness (QED) is 0.452. The highest BCUT2D eigenvalue weighted by Gasteiger charge is 2.22. The number of aryl methyl sites for hydroxylation is 2. The molecule has 0 aliphatic heterocycles. The predicted molar refractivity (Wildman–Crippen MR) is 81.9 cm³/mol. The van der Waals surface area contributed by atoms with Crippen molar-refractivity contribution in [3.05, 3.63) is 38.9 Å². The number of rotatable bonds is 8. The van der Waals surface area contributed by atoms with Crippen molar-refractivity contribution in [2.24, 2.45) is 0 Å². The molecule has 0 saturated heterocycles. The van der Waals surface area contributed by atoms with E-state index in [1.165, 1.54) is 12.1 Å². The number of hydrogen-bond acceptors (Lipinski definition) is 5. The molecule has 0 saturated carbocycles. The van der Waals surface area contributed by atoms with E-state index in [1.807, 2.05) is 13.8 Å². The van der Waals surface area contributed by atoms with E-state index >= 15 is 0 Å². The van der Waals surface area contributed by atoms with E-state index in [-0.39, 0.29) is 17.8 Å². The Balaban J connectivity index is 2.88. The van der Waals surface area contributed by atoms with Crippen molar-refractivity contribution in [1.29, 1.82) is 0 Å². The first kappa shape index (κ1) is 18.1. The van der Waals surface area contributed by atoms with Gasteiger partial charge in [-0.05, 0) is 44.9 Å². The van der Waals surface area contributed by atoms with Crippen molar-refractivity contribution in [3.8, 4) is 0 Å². The molecular formula is C15H22N2O5. The molecule has 0 aliphatic carbocycles. The summed E-state index contributed by atoms with van der Waals surface area (Å²) in [4.78, 5) is 22.8. The summed E-state index contributed by atoms with van der Waals surface area (Å²) in [6.45, 7) is 8.24. The molecule has 0 aliphatic rings. The highest BCUT2D eigenvalue weighted by atomic mass is 16.7. The fourth-order valence-corrected chi connectivity index (χ4v) is 1.94. The van der Waals surface area contributed by atoms with E-state index in [4.69, 9.17) is 9.47 Å². The van der Waals surface area contributed by atoms with Crippen molar-refractivity contribution >= 4 is 11.6 Å². The van der Waals surface area contributed by atoms with Crippen LogP contribution in [0, 0.1) is 24.0 Å². The molecule has 122 valence electrons. The molecule has 1 rings (SSSR count). The zero-order valence-corrected chi connectivity index (χ0v) is 13.3. The maximum atomic E-state index is 12.2. The Kier molecular flexibility index (Phi) is 6.94. The van der Waals surface area contributed by atoms with Crippen LogP contribution in [0.25, 0.3) is 0 Å². The molecule has 1 aromatic rings. The highest BCUT2D eigenvalue weighted by molar-refractivity contribution is 5.98. The van der Waals surface area contributed by atoms with Gasteiger partial charge in [-0.15, -0.1) is 0 Å². The van der Waals surface area contributed by atoms with E-state index < -0.39 is 17.1 Å². The Morgan fingerprint density at radius 2 is 1.77 bits per heavy atom. The molecule has 0 fully saturated rings. The van der Waals surface area contributed by atoms with Gasteiger partial charge in [0.1, 0.15) is 5.56 Å². The molecule has 0 spiro atoms. The van der Waals surface area contributed by atoms with E-state index in [0.717, 1.165) is 11.1 Å². The van der Waals surface area contributed by atoms with Gasteiger partial charge >= 0.3 is 0 Å². The van der Waals surface area contributed by atoms with Crippen LogP contribution in [-0.4, -0.2) is 36.9 Å². The van der Waals surface area contributed by atoms with Gasteiger partial charge in [-0.3, -0.25) is 14.9 Å². The third-order valence-electron chi connectivity index (χ3n) is 3.19. The largest absolute Gasteiger partial charge is 0.351 e. The lowest BCUT2D eigenvalue weighted by molar-refractivity contribution is -0.385. The summed E-state index contributed by atoms with van der Waals surface area (Å²) in [5.41, 5.74) is 1.43. The van der Waals surface area contributed by atoms with Crippen LogP contribution in [0.4, 0.5) is 5.69 Å². The summed E-state index contributed by atoms with van der Waals surface area (Å²) in [6.07, 6.45) is -0.565. The van der Waals surface area contributed by atoms with Gasteiger partial charge in [0, 0.05) is 19.3 Å². The van der Waals surface area contributed by atoms with Crippen molar-refractivity contribution < 1.29 is 19.2 Å². The van der Waals surface area contributed by atoms with Crippen LogP contribution in [0.3, 0.4) is 0 Å². The van der Waals surface area contributed by atoms with Gasteiger partial charge in [-0.2, -0.15) is 0 Å². The van der Waals surface area contributed by atoms with Gasteiger partial charge in [0.05, 0.1) is 11.5 Å². The first-order chi connectivity index (χ1) is 10.4. The lowest BCUT2D eigenvalue weighted by Gasteiger charge is -2.17. The third-order valence-corrected chi connectivity index (χ3v) is 3.19. The van der Waals surface area contributed by atoms with Crippen molar-refractivity contribution in [2.75, 3.05) is 19.8 Å². The van der Waals surface area contributed by atoms with Crippen molar-refractivity contribution in [2.45, 2.75) is 34.0 Å². The number of nitrogens with one attached hydrogen (secondary N) is 1. The van der Waals surface area contributed by atoms with Crippen molar-refractivity contribution in [1.82, 2.24) is 5.32 Å². The van der Waals surface area contributed by atoms with Crippen LogP contribution < -0.4 is 5.32 Å². The van der Waals surface area contributed by atoms with Crippen molar-refractivity contribution in [3.63, 3.8) is 0 Å². The number of nitro benzene ring substituents is 1. The van der Waals surface area contributed by atoms with Crippen LogP contribution in [0.5, 0.6) is 0 Å². The molecular weight excluding hydrogens is 288 g/mol. The van der Waals surface area contributed by atoms with Crippen LogP contribution in [0.1, 0.15) is 35.3 Å². The number of nitrogens with zero attached hydrogens (tertiary/aromatic N) is 1. The fraction of sp³-hybridized carbons (Fsp3) is 0.533. The average molecular weight is 310 g/mol. The van der Waals surface area contributed by atoms with Gasteiger partial charge in [-0.1, -0.05) is 0 Å². The van der Waals surface area contributed by atoms with Gasteiger partial charge in [0.15, 0.2) is 6.29 Å². The molecule has 0 bridgehead atoms. The number of nitro groups is 1. The Labute approximate surface area is 129 Å². The summed E-state index contributed by atoms with van der Waals surface area (Å²) < 4.78 is 10.6. The fourth-order valence-electron chi connectivity index (χ4n) is 1.94. The average Bonchev–Trinajstić information content (AvgIpc) is 2.47. The molecule has 22 heavy (non-hydrogen) atoms. The number of carbonyl (C=O) groups is 1. The number of hydrogen-bond donors (Lipinski definition) is 1. The summed E-state index contributed by atoms with van der Waals surface area (Å²) in [7, 11) is 0. The van der Waals surface area contributed by atoms with Crippen LogP contribution in [-0.2, 0) is 9.47 Å². The molecule has 1 aromatic carbocycles. The maximum Gasteiger partial charge on any atom is 0.282 e. The molecule has 1 amide bonds. The smallest absolute Gasteiger partial charge is 0.282 e. The zero-order chi connectivity index (χ0) is 16.7. The standard InChI is InChI=1S/C15H22N2O5/c1-5-21-14(22-6-2)9-16-15(18)12-7-10(3)11(4)8-13(12)17(19)20/h7-8,14H,5-6,9H2,1-4H3,(H,16,18). The Hall–Kier alpha value is -1.99. The number of amides is 1. The number of carbonyl (C=O) groups excluding carboxylic acids is 1. The van der Waals surface area contributed by atoms with E-state index in [1.54, 1.807) is 13.8 Å². The van der Waals surface area contributed by atoms with Gasteiger partial charge in [0.2, 0.25) is 0 Å². The first-order valence-corrected chi connectivity index (χ1v) is 7.17. The number of benzene rings is 1. The number of ether oxygens (including phenoxy) is 2. The molecule has 0 heterocycles. The van der Waals surface area contributed by atoms with Crippen LogP contribution in [0.15, 0.2) is 12.1 Å². The Morgan fingerprint density at radius 3 is 2.27 bits per heavy atom. The lowest BCUT2D eigenvalue weighted by Crippen LogP contribution is -2.35. The second-order valence-corrected chi connectivity index (χ2v) is 4.76. The molecule has 0 aromatic heterocycles. The molecule has 0 radical (unpaired) electrons. The van der Waals surface area contributed by atoms with E-state index in [9.17, 15) is 14.9 Å². The van der Waals surface area contributed by atoms with Crippen LogP contribution >= 0.6 is 0 Å². The van der Waals surface area contributed by atoms with Gasteiger partial charge in [0.25, 0.3) is 11.6 Å². The maximum absolute atomic E-state index is 12.2.